The summed E-state index contributed by atoms with van der Waals surface area (Å²) in [6.07, 6.45) is 1.31. The Labute approximate surface area is 202 Å². The Bertz CT molecular complexity index is 1330. The summed E-state index contributed by atoms with van der Waals surface area (Å²) < 4.78 is 7.82. The Balaban J connectivity index is 1.34. The lowest BCUT2D eigenvalue weighted by Gasteiger charge is -2.18. The zero-order valence-electron chi connectivity index (χ0n) is 19.5. The van der Waals surface area contributed by atoms with Crippen LogP contribution in [0.25, 0.3) is 10.9 Å². The number of ether oxygens (including phenoxy) is 1. The van der Waals surface area contributed by atoms with Gasteiger partial charge in [-0.25, -0.2) is 4.98 Å². The maximum atomic E-state index is 12.8. The van der Waals surface area contributed by atoms with Crippen molar-refractivity contribution in [3.05, 3.63) is 92.7 Å². The number of hydrogen-bond acceptors (Lipinski definition) is 6. The second-order valence-corrected chi connectivity index (χ2v) is 9.16. The number of hydrogen-bond donors (Lipinski definition) is 1. The molecule has 0 radical (unpaired) electrons. The van der Waals surface area contributed by atoms with Crippen LogP contribution in [0.3, 0.4) is 0 Å². The number of para-hydroxylation sites is 1. The Kier molecular flexibility index (Phi) is 7.40. The third-order valence-corrected chi connectivity index (χ3v) is 6.13. The van der Waals surface area contributed by atoms with Gasteiger partial charge in [0.15, 0.2) is 0 Å². The minimum Gasteiger partial charge on any atom is -0.489 e. The number of fused-ring (bicyclic) bond motifs is 1. The van der Waals surface area contributed by atoms with E-state index in [0.29, 0.717) is 5.39 Å². The molecule has 34 heavy (non-hydrogen) atoms. The van der Waals surface area contributed by atoms with Crippen molar-refractivity contribution in [2.24, 2.45) is 7.05 Å². The smallest absolute Gasteiger partial charge is 0.256 e. The second kappa shape index (κ2) is 10.6. The molecule has 0 saturated heterocycles. The topological polar surface area (TPSA) is 76.5 Å². The van der Waals surface area contributed by atoms with Crippen LogP contribution in [0.1, 0.15) is 28.5 Å². The maximum Gasteiger partial charge on any atom is 0.256 e. The van der Waals surface area contributed by atoms with E-state index < -0.39 is 5.91 Å². The van der Waals surface area contributed by atoms with Crippen LogP contribution >= 0.6 is 11.3 Å². The van der Waals surface area contributed by atoms with Crippen LogP contribution in [0.15, 0.2) is 70.4 Å². The van der Waals surface area contributed by atoms with Gasteiger partial charge in [0.2, 0.25) is 5.43 Å². The third-order valence-electron chi connectivity index (χ3n) is 5.49. The zero-order valence-corrected chi connectivity index (χ0v) is 20.3. The summed E-state index contributed by atoms with van der Waals surface area (Å²) >= 11 is 1.60. The second-order valence-electron chi connectivity index (χ2n) is 8.44. The van der Waals surface area contributed by atoms with Gasteiger partial charge in [-0.05, 0) is 43.8 Å². The number of nitrogens with one attached hydrogen (secondary N) is 1. The van der Waals surface area contributed by atoms with E-state index in [2.05, 4.69) is 33.7 Å². The first-order valence-corrected chi connectivity index (χ1v) is 12.0. The molecule has 0 fully saturated rings. The van der Waals surface area contributed by atoms with Crippen molar-refractivity contribution in [3.63, 3.8) is 0 Å². The molecule has 0 aliphatic heterocycles. The average molecular weight is 477 g/mol. The summed E-state index contributed by atoms with van der Waals surface area (Å²) in [7, 11) is 3.88. The monoisotopic (exact) mass is 476 g/mol. The Morgan fingerprint density at radius 3 is 2.82 bits per heavy atom. The molecule has 0 bridgehead atoms. The van der Waals surface area contributed by atoms with Crippen molar-refractivity contribution >= 4 is 28.1 Å². The Morgan fingerprint density at radius 2 is 2.03 bits per heavy atom. The third kappa shape index (κ3) is 5.70. The zero-order chi connectivity index (χ0) is 24.1. The summed E-state index contributed by atoms with van der Waals surface area (Å²) in [5, 5.41) is 5.41. The quantitative estimate of drug-likeness (QED) is 0.397. The van der Waals surface area contributed by atoms with Crippen molar-refractivity contribution in [3.8, 4) is 5.75 Å². The van der Waals surface area contributed by atoms with Crippen LogP contribution < -0.4 is 15.5 Å². The minimum absolute atomic E-state index is 0.124. The van der Waals surface area contributed by atoms with Gasteiger partial charge in [-0.1, -0.05) is 24.3 Å². The molecule has 1 amide bonds. The number of aryl methyl sites for hydroxylation is 1. The Hall–Kier alpha value is -3.49. The number of carbonyl (C=O) groups is 1. The van der Waals surface area contributed by atoms with Gasteiger partial charge in [-0.15, -0.1) is 11.3 Å². The lowest BCUT2D eigenvalue weighted by molar-refractivity contribution is 0.0930. The van der Waals surface area contributed by atoms with Crippen molar-refractivity contribution in [2.75, 3.05) is 13.6 Å². The molecule has 0 saturated carbocycles. The molecule has 7 nitrogen and oxygen atoms in total. The highest BCUT2D eigenvalue weighted by atomic mass is 32.1. The van der Waals surface area contributed by atoms with Gasteiger partial charge in [0.05, 0.1) is 23.3 Å². The highest BCUT2D eigenvalue weighted by Gasteiger charge is 2.15. The predicted molar refractivity (Wildman–Crippen MR) is 135 cm³/mol. The first-order chi connectivity index (χ1) is 16.4. The summed E-state index contributed by atoms with van der Waals surface area (Å²) in [6.45, 7) is 3.72. The van der Waals surface area contributed by atoms with Gasteiger partial charge in [0, 0.05) is 37.1 Å². The van der Waals surface area contributed by atoms with Gasteiger partial charge in [-0.3, -0.25) is 14.5 Å². The SMILES string of the molecule is CC(CNC(=O)c1cn(C)c2ccccc2c1=O)Oc1cccc(CN(C)Cc2cscn2)c1. The molecule has 2 aromatic heterocycles. The van der Waals surface area contributed by atoms with E-state index in [1.54, 1.807) is 34.2 Å². The van der Waals surface area contributed by atoms with Gasteiger partial charge < -0.3 is 14.6 Å². The largest absolute Gasteiger partial charge is 0.489 e. The van der Waals surface area contributed by atoms with Crippen LogP contribution in [0, 0.1) is 0 Å². The number of carbonyl (C=O) groups excluding carboxylic acids is 1. The molecular formula is C26H28N4O3S. The molecule has 8 heteroatoms. The van der Waals surface area contributed by atoms with Crippen LogP contribution in [-0.4, -0.2) is 40.1 Å². The van der Waals surface area contributed by atoms with Crippen molar-refractivity contribution < 1.29 is 9.53 Å². The lowest BCUT2D eigenvalue weighted by Crippen LogP contribution is -2.36. The number of pyridine rings is 1. The van der Waals surface area contributed by atoms with Crippen LogP contribution in [0.5, 0.6) is 5.75 Å². The fraction of sp³-hybridized carbons (Fsp3) is 0.269. The van der Waals surface area contributed by atoms with Crippen molar-refractivity contribution in [1.29, 1.82) is 0 Å². The summed E-state index contributed by atoms with van der Waals surface area (Å²) in [5.41, 5.74) is 4.68. The van der Waals surface area contributed by atoms with E-state index in [9.17, 15) is 9.59 Å². The van der Waals surface area contributed by atoms with Crippen LogP contribution in [0.4, 0.5) is 0 Å². The van der Waals surface area contributed by atoms with E-state index in [1.807, 2.05) is 49.8 Å². The predicted octanol–water partition coefficient (Wildman–Crippen LogP) is 3.82. The fourth-order valence-corrected chi connectivity index (χ4v) is 4.43. The molecule has 2 aromatic carbocycles. The molecule has 1 unspecified atom stereocenters. The molecule has 0 spiro atoms. The number of aromatic nitrogens is 2. The molecular weight excluding hydrogens is 448 g/mol. The first-order valence-electron chi connectivity index (χ1n) is 11.1. The first kappa shape index (κ1) is 23.7. The lowest BCUT2D eigenvalue weighted by atomic mass is 10.1. The Morgan fingerprint density at radius 1 is 1.21 bits per heavy atom. The molecule has 0 aliphatic carbocycles. The number of nitrogens with zero attached hydrogens (tertiary/aromatic N) is 3. The number of rotatable bonds is 9. The highest BCUT2D eigenvalue weighted by Crippen LogP contribution is 2.17. The van der Waals surface area contributed by atoms with Crippen LogP contribution in [-0.2, 0) is 20.1 Å². The van der Waals surface area contributed by atoms with E-state index in [1.165, 1.54) is 0 Å². The van der Waals surface area contributed by atoms with E-state index in [0.717, 1.165) is 35.6 Å². The maximum absolute atomic E-state index is 12.8. The molecule has 1 atom stereocenters. The summed E-state index contributed by atoms with van der Waals surface area (Å²) in [5.74, 6) is 0.335. The van der Waals surface area contributed by atoms with Gasteiger partial charge in [0.1, 0.15) is 17.4 Å². The number of benzene rings is 2. The average Bonchev–Trinajstić information content (AvgIpc) is 3.33. The van der Waals surface area contributed by atoms with Gasteiger partial charge in [0.25, 0.3) is 5.91 Å². The number of amides is 1. The summed E-state index contributed by atoms with van der Waals surface area (Å²) in [6, 6.07) is 15.2. The minimum atomic E-state index is -0.404. The highest BCUT2D eigenvalue weighted by molar-refractivity contribution is 7.07. The van der Waals surface area contributed by atoms with E-state index in [-0.39, 0.29) is 23.6 Å². The van der Waals surface area contributed by atoms with E-state index in [4.69, 9.17) is 4.74 Å². The fourth-order valence-electron chi connectivity index (χ4n) is 3.88. The molecule has 2 heterocycles. The molecule has 0 aliphatic rings. The van der Waals surface area contributed by atoms with Crippen LogP contribution in [0.2, 0.25) is 0 Å². The van der Waals surface area contributed by atoms with Crippen molar-refractivity contribution in [1.82, 2.24) is 19.8 Å². The number of thiazole rings is 1. The van der Waals surface area contributed by atoms with E-state index >= 15 is 0 Å². The molecule has 1 N–H and O–H groups in total. The summed E-state index contributed by atoms with van der Waals surface area (Å²) in [4.78, 5) is 32.0. The van der Waals surface area contributed by atoms with Gasteiger partial charge in [-0.2, -0.15) is 0 Å². The molecule has 4 aromatic rings. The molecule has 4 rings (SSSR count). The standard InChI is InChI=1S/C26H28N4O3S/c1-18(12-27-26(32)23-15-30(3)24-10-5-4-9-22(24)25(23)31)33-21-8-6-7-19(11-21)13-29(2)14-20-16-34-17-28-20/h4-11,15-18H,12-14H2,1-3H3,(H,27,32). The molecule has 176 valence electrons. The normalized spacial score (nSPS) is 12.1. The van der Waals surface area contributed by atoms with Crippen molar-refractivity contribution in [2.45, 2.75) is 26.1 Å². The van der Waals surface area contributed by atoms with Gasteiger partial charge >= 0.3 is 0 Å².